The van der Waals surface area contributed by atoms with Gasteiger partial charge in [-0.2, -0.15) is 0 Å². The number of nitrogens with zero attached hydrogens (tertiary/aromatic N) is 1. The van der Waals surface area contributed by atoms with Gasteiger partial charge < -0.3 is 4.79 Å². The van der Waals surface area contributed by atoms with E-state index < -0.39 is 0 Å². The Hall–Kier alpha value is -0.370. The lowest BCUT2D eigenvalue weighted by Crippen LogP contribution is -2.42. The second-order valence-electron chi connectivity index (χ2n) is 5.29. The molecule has 2 heteroatoms. The minimum Gasteiger partial charge on any atom is -0.303 e. The molecule has 1 aliphatic rings. The summed E-state index contributed by atoms with van der Waals surface area (Å²) in [4.78, 5) is 13.7. The Kier molecular flexibility index (Phi) is 4.32. The number of rotatable bonds is 5. The molecular formula is C13H25NO. The first-order valence-electron chi connectivity index (χ1n) is 6.28. The van der Waals surface area contributed by atoms with Crippen LogP contribution in [0.2, 0.25) is 0 Å². The van der Waals surface area contributed by atoms with Crippen molar-refractivity contribution in [1.82, 2.24) is 4.90 Å². The minimum absolute atomic E-state index is 0.147. The lowest BCUT2D eigenvalue weighted by Gasteiger charge is -2.34. The second kappa shape index (κ2) is 5.11. The van der Waals surface area contributed by atoms with E-state index in [1.165, 1.54) is 19.3 Å². The Morgan fingerprint density at radius 3 is 2.53 bits per heavy atom. The van der Waals surface area contributed by atoms with Crippen molar-refractivity contribution in [1.29, 1.82) is 0 Å². The highest BCUT2D eigenvalue weighted by Crippen LogP contribution is 2.30. The zero-order valence-corrected chi connectivity index (χ0v) is 10.6. The van der Waals surface area contributed by atoms with Crippen molar-refractivity contribution >= 4 is 6.29 Å². The van der Waals surface area contributed by atoms with Gasteiger partial charge in [0, 0.05) is 24.0 Å². The summed E-state index contributed by atoms with van der Waals surface area (Å²) in [5.74, 6) is 0. The average molecular weight is 211 g/mol. The van der Waals surface area contributed by atoms with Gasteiger partial charge in [0.25, 0.3) is 0 Å². The van der Waals surface area contributed by atoms with Crippen molar-refractivity contribution in [2.24, 2.45) is 5.41 Å². The van der Waals surface area contributed by atoms with Crippen LogP contribution in [0, 0.1) is 5.41 Å². The molecule has 3 atom stereocenters. The Morgan fingerprint density at radius 2 is 2.07 bits per heavy atom. The van der Waals surface area contributed by atoms with E-state index in [-0.39, 0.29) is 5.41 Å². The first-order chi connectivity index (χ1) is 7.06. The number of likely N-dealkylation sites (tertiary alicyclic amines) is 1. The highest BCUT2D eigenvalue weighted by molar-refractivity contribution is 5.58. The van der Waals surface area contributed by atoms with Gasteiger partial charge in [0.1, 0.15) is 6.29 Å². The van der Waals surface area contributed by atoms with Crippen molar-refractivity contribution in [2.45, 2.75) is 65.5 Å². The summed E-state index contributed by atoms with van der Waals surface area (Å²) in [6.07, 6.45) is 5.89. The van der Waals surface area contributed by atoms with E-state index in [9.17, 15) is 4.79 Å². The van der Waals surface area contributed by atoms with Crippen LogP contribution in [0.15, 0.2) is 0 Å². The molecule has 2 nitrogen and oxygen atoms in total. The van der Waals surface area contributed by atoms with Crippen molar-refractivity contribution in [3.63, 3.8) is 0 Å². The second-order valence-corrected chi connectivity index (χ2v) is 5.29. The van der Waals surface area contributed by atoms with Crippen LogP contribution in [0.25, 0.3) is 0 Å². The van der Waals surface area contributed by atoms with E-state index in [1.807, 2.05) is 0 Å². The van der Waals surface area contributed by atoms with Crippen LogP contribution >= 0.6 is 0 Å². The standard InChI is InChI=1S/C13H25NO/c1-5-12-8-7-11(3)14(12)9-13(4,6-2)10-15/h10-12H,5-9H2,1-4H3. The van der Waals surface area contributed by atoms with Gasteiger partial charge >= 0.3 is 0 Å². The number of hydrogen-bond donors (Lipinski definition) is 0. The monoisotopic (exact) mass is 211 g/mol. The molecule has 0 aliphatic carbocycles. The summed E-state index contributed by atoms with van der Waals surface area (Å²) in [5.41, 5.74) is -0.147. The van der Waals surface area contributed by atoms with Crippen molar-refractivity contribution in [3.05, 3.63) is 0 Å². The summed E-state index contributed by atoms with van der Waals surface area (Å²) < 4.78 is 0. The molecule has 88 valence electrons. The molecule has 0 spiro atoms. The molecule has 1 saturated heterocycles. The molecule has 0 aromatic carbocycles. The fourth-order valence-corrected chi connectivity index (χ4v) is 2.50. The van der Waals surface area contributed by atoms with Gasteiger partial charge in [-0.25, -0.2) is 0 Å². The summed E-state index contributed by atoms with van der Waals surface area (Å²) in [5, 5.41) is 0. The smallest absolute Gasteiger partial charge is 0.127 e. The van der Waals surface area contributed by atoms with Gasteiger partial charge in [0.05, 0.1) is 0 Å². The fraction of sp³-hybridized carbons (Fsp3) is 0.923. The Bertz CT molecular complexity index is 217. The van der Waals surface area contributed by atoms with Crippen molar-refractivity contribution in [3.8, 4) is 0 Å². The summed E-state index contributed by atoms with van der Waals surface area (Å²) in [6.45, 7) is 9.66. The molecule has 0 aromatic heterocycles. The van der Waals surface area contributed by atoms with Crippen LogP contribution in [0.1, 0.15) is 53.4 Å². The molecule has 0 aromatic rings. The van der Waals surface area contributed by atoms with Crippen LogP contribution in [-0.2, 0) is 4.79 Å². The molecule has 0 radical (unpaired) electrons. The van der Waals surface area contributed by atoms with E-state index in [2.05, 4.69) is 32.6 Å². The van der Waals surface area contributed by atoms with E-state index in [4.69, 9.17) is 0 Å². The quantitative estimate of drug-likeness (QED) is 0.652. The van der Waals surface area contributed by atoms with Gasteiger partial charge in [-0.3, -0.25) is 4.90 Å². The maximum Gasteiger partial charge on any atom is 0.127 e. The predicted octanol–water partition coefficient (Wildman–Crippen LogP) is 2.86. The highest BCUT2D eigenvalue weighted by Gasteiger charge is 2.34. The summed E-state index contributed by atoms with van der Waals surface area (Å²) in [6, 6.07) is 1.35. The van der Waals surface area contributed by atoms with Gasteiger partial charge in [-0.05, 0) is 32.6 Å². The maximum absolute atomic E-state index is 11.1. The SMILES string of the molecule is CCC1CCC(C)N1CC(C)(C=O)CC. The van der Waals surface area contributed by atoms with Crippen molar-refractivity contribution in [2.75, 3.05) is 6.54 Å². The van der Waals surface area contributed by atoms with Crippen LogP contribution < -0.4 is 0 Å². The fourth-order valence-electron chi connectivity index (χ4n) is 2.50. The molecule has 0 amide bonds. The van der Waals surface area contributed by atoms with Crippen LogP contribution in [0.3, 0.4) is 0 Å². The normalized spacial score (nSPS) is 31.5. The van der Waals surface area contributed by atoms with E-state index in [0.29, 0.717) is 12.1 Å². The van der Waals surface area contributed by atoms with E-state index in [0.717, 1.165) is 19.3 Å². The van der Waals surface area contributed by atoms with Crippen LogP contribution in [-0.4, -0.2) is 29.8 Å². The summed E-state index contributed by atoms with van der Waals surface area (Å²) in [7, 11) is 0. The first-order valence-corrected chi connectivity index (χ1v) is 6.28. The molecule has 1 aliphatic heterocycles. The molecule has 0 saturated carbocycles. The zero-order chi connectivity index (χ0) is 11.5. The van der Waals surface area contributed by atoms with Gasteiger partial charge in [-0.1, -0.05) is 20.8 Å². The third kappa shape index (κ3) is 2.81. The molecule has 3 unspecified atom stereocenters. The number of aldehydes is 1. The zero-order valence-electron chi connectivity index (χ0n) is 10.6. The maximum atomic E-state index is 11.1. The average Bonchev–Trinajstić information content (AvgIpc) is 2.60. The Morgan fingerprint density at radius 1 is 1.40 bits per heavy atom. The van der Waals surface area contributed by atoms with Crippen LogP contribution in [0.5, 0.6) is 0 Å². The molecular weight excluding hydrogens is 186 g/mol. The molecule has 15 heavy (non-hydrogen) atoms. The largest absolute Gasteiger partial charge is 0.303 e. The third-order valence-electron chi connectivity index (χ3n) is 4.06. The Labute approximate surface area is 94.0 Å². The Balaban J connectivity index is 2.65. The third-order valence-corrected chi connectivity index (χ3v) is 4.06. The lowest BCUT2D eigenvalue weighted by atomic mass is 9.88. The molecule has 0 N–H and O–H groups in total. The van der Waals surface area contributed by atoms with Gasteiger partial charge in [0.15, 0.2) is 0 Å². The predicted molar refractivity (Wildman–Crippen MR) is 63.9 cm³/mol. The lowest BCUT2D eigenvalue weighted by molar-refractivity contribution is -0.117. The van der Waals surface area contributed by atoms with Gasteiger partial charge in [0.2, 0.25) is 0 Å². The summed E-state index contributed by atoms with van der Waals surface area (Å²) >= 11 is 0. The van der Waals surface area contributed by atoms with E-state index >= 15 is 0 Å². The number of hydrogen-bond acceptors (Lipinski definition) is 2. The van der Waals surface area contributed by atoms with Crippen LogP contribution in [0.4, 0.5) is 0 Å². The van der Waals surface area contributed by atoms with Crippen molar-refractivity contribution < 1.29 is 4.79 Å². The highest BCUT2D eigenvalue weighted by atomic mass is 16.1. The first kappa shape index (κ1) is 12.7. The molecule has 0 bridgehead atoms. The molecule has 1 fully saturated rings. The topological polar surface area (TPSA) is 20.3 Å². The van der Waals surface area contributed by atoms with E-state index in [1.54, 1.807) is 0 Å². The van der Waals surface area contributed by atoms with Gasteiger partial charge in [-0.15, -0.1) is 0 Å². The molecule has 1 rings (SSSR count). The number of carbonyl (C=O) groups is 1. The minimum atomic E-state index is -0.147. The molecule has 1 heterocycles. The number of carbonyl (C=O) groups excluding carboxylic acids is 1.